The summed E-state index contributed by atoms with van der Waals surface area (Å²) in [6, 6.07) is 15.0. The number of furan rings is 1. The number of benzene rings is 2. The number of para-hydroxylation sites is 1. The minimum Gasteiger partial charge on any atom is -0.459 e. The van der Waals surface area contributed by atoms with Gasteiger partial charge in [0.15, 0.2) is 5.96 Å². The molecule has 1 heterocycles. The molecule has 0 atom stereocenters. The minimum absolute atomic E-state index is 0.189. The Balaban J connectivity index is 1.57. The topological polar surface area (TPSA) is 49.6 Å². The number of aliphatic imine (C=N–C) groups is 1. The van der Waals surface area contributed by atoms with E-state index in [0.717, 1.165) is 22.3 Å². The molecule has 5 heteroatoms. The second-order valence-corrected chi connectivity index (χ2v) is 5.61. The minimum atomic E-state index is -0.189. The predicted octanol–water partition coefficient (Wildman–Crippen LogP) is 3.75. The molecule has 3 aromatic rings. The molecular formula is C19H20FN3O. The maximum absolute atomic E-state index is 13.3. The second kappa shape index (κ2) is 7.17. The summed E-state index contributed by atoms with van der Waals surface area (Å²) in [4.78, 5) is 4.19. The van der Waals surface area contributed by atoms with Crippen LogP contribution in [0.4, 0.5) is 4.39 Å². The molecule has 24 heavy (non-hydrogen) atoms. The van der Waals surface area contributed by atoms with Crippen molar-refractivity contribution in [1.82, 2.24) is 10.6 Å². The van der Waals surface area contributed by atoms with Crippen LogP contribution in [0.3, 0.4) is 0 Å². The van der Waals surface area contributed by atoms with Crippen LogP contribution in [0, 0.1) is 12.7 Å². The van der Waals surface area contributed by atoms with Crippen molar-refractivity contribution in [1.29, 1.82) is 0 Å². The summed E-state index contributed by atoms with van der Waals surface area (Å²) in [6.45, 7) is 2.87. The molecule has 0 unspecified atom stereocenters. The fourth-order valence-corrected chi connectivity index (χ4v) is 2.52. The Morgan fingerprint density at radius 2 is 1.88 bits per heavy atom. The highest BCUT2D eigenvalue weighted by molar-refractivity contribution is 5.80. The molecule has 0 bridgehead atoms. The van der Waals surface area contributed by atoms with Crippen molar-refractivity contribution in [2.75, 3.05) is 7.05 Å². The normalized spacial score (nSPS) is 11.7. The predicted molar refractivity (Wildman–Crippen MR) is 94.4 cm³/mol. The average molecular weight is 325 g/mol. The van der Waals surface area contributed by atoms with E-state index < -0.39 is 0 Å². The Kier molecular flexibility index (Phi) is 4.79. The van der Waals surface area contributed by atoms with Gasteiger partial charge in [0.2, 0.25) is 0 Å². The summed E-state index contributed by atoms with van der Waals surface area (Å²) >= 11 is 0. The molecule has 0 spiro atoms. The van der Waals surface area contributed by atoms with Gasteiger partial charge in [-0.15, -0.1) is 0 Å². The smallest absolute Gasteiger partial charge is 0.191 e. The summed E-state index contributed by atoms with van der Waals surface area (Å²) in [6.07, 6.45) is 0. The first-order chi connectivity index (χ1) is 11.7. The van der Waals surface area contributed by atoms with Gasteiger partial charge in [-0.1, -0.05) is 30.3 Å². The zero-order chi connectivity index (χ0) is 16.9. The summed E-state index contributed by atoms with van der Waals surface area (Å²) in [5.74, 6) is 1.32. The monoisotopic (exact) mass is 325 g/mol. The van der Waals surface area contributed by atoms with Crippen molar-refractivity contribution in [3.05, 3.63) is 71.2 Å². The van der Waals surface area contributed by atoms with Gasteiger partial charge in [-0.05, 0) is 36.2 Å². The van der Waals surface area contributed by atoms with E-state index >= 15 is 0 Å². The molecule has 124 valence electrons. The van der Waals surface area contributed by atoms with Crippen molar-refractivity contribution in [2.45, 2.75) is 20.0 Å². The Labute approximate surface area is 140 Å². The highest BCUT2D eigenvalue weighted by Crippen LogP contribution is 2.18. The molecule has 0 aliphatic carbocycles. The number of aryl methyl sites for hydroxylation is 1. The van der Waals surface area contributed by atoms with E-state index in [4.69, 9.17) is 4.42 Å². The van der Waals surface area contributed by atoms with Crippen molar-refractivity contribution < 1.29 is 8.81 Å². The lowest BCUT2D eigenvalue weighted by atomic mass is 10.1. The number of hydrogen-bond donors (Lipinski definition) is 2. The Hall–Kier alpha value is -2.82. The summed E-state index contributed by atoms with van der Waals surface area (Å²) in [5, 5.41) is 7.51. The molecular weight excluding hydrogens is 305 g/mol. The fourth-order valence-electron chi connectivity index (χ4n) is 2.52. The fraction of sp³-hybridized carbons (Fsp3) is 0.211. The molecule has 0 saturated heterocycles. The van der Waals surface area contributed by atoms with Crippen molar-refractivity contribution in [2.24, 2.45) is 4.99 Å². The average Bonchev–Trinajstić information content (AvgIpc) is 3.01. The van der Waals surface area contributed by atoms with Gasteiger partial charge in [0.05, 0.1) is 6.54 Å². The largest absolute Gasteiger partial charge is 0.459 e. The third-order valence-electron chi connectivity index (χ3n) is 3.81. The van der Waals surface area contributed by atoms with Crippen LogP contribution in [0.15, 0.2) is 57.9 Å². The first kappa shape index (κ1) is 16.1. The highest BCUT2D eigenvalue weighted by Gasteiger charge is 2.05. The van der Waals surface area contributed by atoms with E-state index in [0.29, 0.717) is 24.6 Å². The van der Waals surface area contributed by atoms with Gasteiger partial charge >= 0.3 is 0 Å². The Morgan fingerprint density at radius 3 is 2.62 bits per heavy atom. The van der Waals surface area contributed by atoms with Gasteiger partial charge in [0, 0.05) is 19.0 Å². The summed E-state index contributed by atoms with van der Waals surface area (Å²) < 4.78 is 19.1. The quantitative estimate of drug-likeness (QED) is 0.567. The molecule has 2 aromatic carbocycles. The number of fused-ring (bicyclic) bond motifs is 1. The molecule has 2 N–H and O–H groups in total. The number of guanidine groups is 1. The van der Waals surface area contributed by atoms with Crippen molar-refractivity contribution >= 4 is 16.9 Å². The summed E-state index contributed by atoms with van der Waals surface area (Å²) in [5.41, 5.74) is 2.51. The third kappa shape index (κ3) is 3.74. The van der Waals surface area contributed by atoms with E-state index in [1.165, 1.54) is 6.07 Å². The molecule has 0 radical (unpaired) electrons. The molecule has 0 fully saturated rings. The van der Waals surface area contributed by atoms with Gasteiger partial charge in [0.25, 0.3) is 0 Å². The van der Waals surface area contributed by atoms with Crippen LogP contribution in [0.5, 0.6) is 0 Å². The number of halogens is 1. The van der Waals surface area contributed by atoms with Crippen LogP contribution in [-0.2, 0) is 13.1 Å². The number of hydrogen-bond acceptors (Lipinski definition) is 2. The molecule has 0 aliphatic heterocycles. The maximum atomic E-state index is 13.3. The second-order valence-electron chi connectivity index (χ2n) is 5.61. The molecule has 0 saturated carbocycles. The van der Waals surface area contributed by atoms with E-state index in [2.05, 4.69) is 15.6 Å². The first-order valence-corrected chi connectivity index (χ1v) is 7.82. The van der Waals surface area contributed by atoms with Gasteiger partial charge < -0.3 is 15.1 Å². The lowest BCUT2D eigenvalue weighted by molar-refractivity contribution is 0.538. The van der Waals surface area contributed by atoms with E-state index in [1.54, 1.807) is 20.0 Å². The lowest BCUT2D eigenvalue weighted by Crippen LogP contribution is -2.36. The third-order valence-corrected chi connectivity index (χ3v) is 3.81. The SMILES string of the molecule is CN=C(NCc1ccc(F)c(C)c1)NCc1cc2ccccc2o1. The van der Waals surface area contributed by atoms with Crippen molar-refractivity contribution in [3.8, 4) is 0 Å². The van der Waals surface area contributed by atoms with E-state index in [1.807, 2.05) is 36.4 Å². The van der Waals surface area contributed by atoms with E-state index in [-0.39, 0.29) is 5.82 Å². The van der Waals surface area contributed by atoms with Crippen LogP contribution in [-0.4, -0.2) is 13.0 Å². The van der Waals surface area contributed by atoms with Gasteiger partial charge in [0.1, 0.15) is 17.2 Å². The molecule has 0 aliphatic rings. The first-order valence-electron chi connectivity index (χ1n) is 7.82. The standard InChI is InChI=1S/C19H20FN3O/c1-13-9-14(7-8-17(13)20)11-22-19(21-2)23-12-16-10-15-5-3-4-6-18(15)24-16/h3-10H,11-12H2,1-2H3,(H2,21,22,23). The van der Waals surface area contributed by atoms with Gasteiger partial charge in [-0.3, -0.25) is 4.99 Å². The lowest BCUT2D eigenvalue weighted by Gasteiger charge is -2.11. The Bertz CT molecular complexity index is 837. The number of nitrogens with zero attached hydrogens (tertiary/aromatic N) is 1. The Morgan fingerprint density at radius 1 is 1.08 bits per heavy atom. The van der Waals surface area contributed by atoms with Crippen molar-refractivity contribution in [3.63, 3.8) is 0 Å². The van der Waals surface area contributed by atoms with Gasteiger partial charge in [-0.25, -0.2) is 4.39 Å². The zero-order valence-corrected chi connectivity index (χ0v) is 13.8. The molecule has 0 amide bonds. The van der Waals surface area contributed by atoms with Crippen LogP contribution in [0.1, 0.15) is 16.9 Å². The van der Waals surface area contributed by atoms with Crippen LogP contribution in [0.2, 0.25) is 0 Å². The zero-order valence-electron chi connectivity index (χ0n) is 13.8. The maximum Gasteiger partial charge on any atom is 0.191 e. The van der Waals surface area contributed by atoms with Crippen LogP contribution >= 0.6 is 0 Å². The van der Waals surface area contributed by atoms with Crippen LogP contribution in [0.25, 0.3) is 11.0 Å². The molecule has 3 rings (SSSR count). The highest BCUT2D eigenvalue weighted by atomic mass is 19.1. The van der Waals surface area contributed by atoms with E-state index in [9.17, 15) is 4.39 Å². The summed E-state index contributed by atoms with van der Waals surface area (Å²) in [7, 11) is 1.71. The number of rotatable bonds is 4. The van der Waals surface area contributed by atoms with Gasteiger partial charge in [-0.2, -0.15) is 0 Å². The molecule has 4 nitrogen and oxygen atoms in total. The molecule has 1 aromatic heterocycles. The number of nitrogens with one attached hydrogen (secondary N) is 2. The van der Waals surface area contributed by atoms with Crippen LogP contribution < -0.4 is 10.6 Å².